The van der Waals surface area contributed by atoms with E-state index in [2.05, 4.69) is 25.2 Å². The minimum absolute atomic E-state index is 0.188. The van der Waals surface area contributed by atoms with Gasteiger partial charge in [-0.25, -0.2) is 0 Å². The molecule has 2 aromatic carbocycles. The fraction of sp³-hybridized carbons (Fsp3) is 0.250. The zero-order valence-electron chi connectivity index (χ0n) is 11.4. The van der Waals surface area contributed by atoms with Gasteiger partial charge < -0.3 is 10.1 Å². The predicted octanol–water partition coefficient (Wildman–Crippen LogP) is 4.83. The van der Waals surface area contributed by atoms with Gasteiger partial charge in [-0.15, -0.1) is 0 Å². The number of methoxy groups -OCH3 is 1. The van der Waals surface area contributed by atoms with Crippen LogP contribution in [-0.4, -0.2) is 7.11 Å². The van der Waals surface area contributed by atoms with E-state index in [0.29, 0.717) is 0 Å². The van der Waals surface area contributed by atoms with E-state index in [0.717, 1.165) is 16.5 Å². The van der Waals surface area contributed by atoms with Gasteiger partial charge in [-0.3, -0.25) is 0 Å². The molecule has 0 aliphatic heterocycles. The molecular weight excluding hydrogens is 258 g/mol. The van der Waals surface area contributed by atoms with Crippen molar-refractivity contribution >= 4 is 17.3 Å². The van der Waals surface area contributed by atoms with Gasteiger partial charge in [-0.1, -0.05) is 29.8 Å². The molecule has 100 valence electrons. The molecule has 0 aliphatic carbocycles. The van der Waals surface area contributed by atoms with Crippen molar-refractivity contribution in [1.82, 2.24) is 0 Å². The lowest BCUT2D eigenvalue weighted by Gasteiger charge is -2.18. The maximum absolute atomic E-state index is 5.90. The molecule has 0 radical (unpaired) electrons. The molecule has 0 aliphatic rings. The van der Waals surface area contributed by atoms with Crippen molar-refractivity contribution in [2.75, 3.05) is 12.4 Å². The molecule has 1 atom stereocenters. The first kappa shape index (κ1) is 13.8. The number of halogens is 1. The minimum Gasteiger partial charge on any atom is -0.495 e. The molecule has 2 nitrogen and oxygen atoms in total. The third-order valence-corrected chi connectivity index (χ3v) is 3.35. The summed E-state index contributed by atoms with van der Waals surface area (Å²) in [5.74, 6) is 0.853. The van der Waals surface area contributed by atoms with Gasteiger partial charge >= 0.3 is 0 Å². The second kappa shape index (κ2) is 5.98. The van der Waals surface area contributed by atoms with E-state index in [1.165, 1.54) is 11.1 Å². The third kappa shape index (κ3) is 3.42. The molecule has 2 rings (SSSR count). The van der Waals surface area contributed by atoms with Crippen LogP contribution in [0.4, 0.5) is 5.69 Å². The fourth-order valence-corrected chi connectivity index (χ4v) is 2.13. The minimum atomic E-state index is 0.188. The maximum Gasteiger partial charge on any atom is 0.141 e. The molecule has 0 heterocycles. The van der Waals surface area contributed by atoms with Crippen molar-refractivity contribution in [3.63, 3.8) is 0 Å². The molecule has 0 saturated carbocycles. The molecule has 1 unspecified atom stereocenters. The molecule has 0 aromatic heterocycles. The zero-order chi connectivity index (χ0) is 13.8. The Labute approximate surface area is 119 Å². The van der Waals surface area contributed by atoms with Gasteiger partial charge in [0.05, 0.1) is 12.8 Å². The van der Waals surface area contributed by atoms with E-state index in [-0.39, 0.29) is 6.04 Å². The Hall–Kier alpha value is -1.67. The smallest absolute Gasteiger partial charge is 0.141 e. The van der Waals surface area contributed by atoms with E-state index >= 15 is 0 Å². The lowest BCUT2D eigenvalue weighted by molar-refractivity contribution is 0.416. The van der Waals surface area contributed by atoms with Crippen LogP contribution >= 0.6 is 11.6 Å². The quantitative estimate of drug-likeness (QED) is 0.863. The second-order valence-corrected chi connectivity index (χ2v) is 5.06. The molecule has 0 bridgehead atoms. The summed E-state index contributed by atoms with van der Waals surface area (Å²) in [6, 6.07) is 14.2. The summed E-state index contributed by atoms with van der Waals surface area (Å²) in [6.07, 6.45) is 0. The van der Waals surface area contributed by atoms with Gasteiger partial charge in [0, 0.05) is 11.1 Å². The van der Waals surface area contributed by atoms with Crippen LogP contribution in [0.15, 0.2) is 42.5 Å². The summed E-state index contributed by atoms with van der Waals surface area (Å²) in [6.45, 7) is 4.18. The van der Waals surface area contributed by atoms with Gasteiger partial charge in [0.1, 0.15) is 5.75 Å². The first-order valence-corrected chi connectivity index (χ1v) is 6.64. The molecule has 19 heavy (non-hydrogen) atoms. The van der Waals surface area contributed by atoms with Crippen LogP contribution < -0.4 is 10.1 Å². The van der Waals surface area contributed by atoms with Gasteiger partial charge in [-0.05, 0) is 49.2 Å². The second-order valence-electron chi connectivity index (χ2n) is 4.62. The molecule has 0 amide bonds. The maximum atomic E-state index is 5.90. The number of nitrogens with one attached hydrogen (secondary N) is 1. The average molecular weight is 276 g/mol. The summed E-state index contributed by atoms with van der Waals surface area (Å²) in [7, 11) is 1.68. The first-order chi connectivity index (χ1) is 9.10. The SMILES string of the molecule is COc1ccc(C)cc1NC(C)c1ccc(Cl)cc1. The van der Waals surface area contributed by atoms with Gasteiger partial charge in [0.15, 0.2) is 0 Å². The summed E-state index contributed by atoms with van der Waals surface area (Å²) in [4.78, 5) is 0. The van der Waals surface area contributed by atoms with E-state index in [4.69, 9.17) is 16.3 Å². The van der Waals surface area contributed by atoms with Crippen molar-refractivity contribution in [3.05, 3.63) is 58.6 Å². The molecule has 0 spiro atoms. The van der Waals surface area contributed by atoms with Crippen LogP contribution in [0.5, 0.6) is 5.75 Å². The number of aryl methyl sites for hydroxylation is 1. The van der Waals surface area contributed by atoms with E-state index < -0.39 is 0 Å². The Morgan fingerprint density at radius 1 is 1.11 bits per heavy atom. The standard InChI is InChI=1S/C16H18ClNO/c1-11-4-9-16(19-3)15(10-11)18-12(2)13-5-7-14(17)8-6-13/h4-10,12,18H,1-3H3. The Balaban J connectivity index is 2.20. The Morgan fingerprint density at radius 3 is 2.42 bits per heavy atom. The van der Waals surface area contributed by atoms with Crippen LogP contribution in [0.25, 0.3) is 0 Å². The normalized spacial score (nSPS) is 12.0. The van der Waals surface area contributed by atoms with Crippen molar-refractivity contribution in [2.45, 2.75) is 19.9 Å². The topological polar surface area (TPSA) is 21.3 Å². The number of rotatable bonds is 4. The summed E-state index contributed by atoms with van der Waals surface area (Å²) >= 11 is 5.90. The predicted molar refractivity (Wildman–Crippen MR) is 81.2 cm³/mol. The van der Waals surface area contributed by atoms with Crippen LogP contribution in [-0.2, 0) is 0 Å². The van der Waals surface area contributed by atoms with Gasteiger partial charge in [-0.2, -0.15) is 0 Å². The van der Waals surface area contributed by atoms with E-state index in [1.807, 2.05) is 36.4 Å². The van der Waals surface area contributed by atoms with Crippen molar-refractivity contribution < 1.29 is 4.74 Å². The highest BCUT2D eigenvalue weighted by atomic mass is 35.5. The molecule has 3 heteroatoms. The average Bonchev–Trinajstić information content (AvgIpc) is 2.39. The zero-order valence-corrected chi connectivity index (χ0v) is 12.2. The van der Waals surface area contributed by atoms with Crippen LogP contribution in [0.2, 0.25) is 5.02 Å². The molecular formula is C16H18ClNO. The summed E-state index contributed by atoms with van der Waals surface area (Å²) in [5.41, 5.74) is 3.39. The highest BCUT2D eigenvalue weighted by Crippen LogP contribution is 2.29. The van der Waals surface area contributed by atoms with Crippen molar-refractivity contribution in [3.8, 4) is 5.75 Å². The fourth-order valence-electron chi connectivity index (χ4n) is 2.00. The molecule has 0 saturated heterocycles. The molecule has 2 aromatic rings. The van der Waals surface area contributed by atoms with Crippen LogP contribution in [0.1, 0.15) is 24.1 Å². The lowest BCUT2D eigenvalue weighted by atomic mass is 10.1. The number of benzene rings is 2. The summed E-state index contributed by atoms with van der Waals surface area (Å²) < 4.78 is 5.37. The van der Waals surface area contributed by atoms with Crippen molar-refractivity contribution in [1.29, 1.82) is 0 Å². The third-order valence-electron chi connectivity index (χ3n) is 3.10. The Bertz CT molecular complexity index is 551. The summed E-state index contributed by atoms with van der Waals surface area (Å²) in [5, 5.41) is 4.22. The van der Waals surface area contributed by atoms with Crippen molar-refractivity contribution in [2.24, 2.45) is 0 Å². The highest BCUT2D eigenvalue weighted by Gasteiger charge is 2.09. The first-order valence-electron chi connectivity index (χ1n) is 6.27. The number of hydrogen-bond donors (Lipinski definition) is 1. The Kier molecular flexibility index (Phi) is 4.33. The van der Waals surface area contributed by atoms with Gasteiger partial charge in [0.2, 0.25) is 0 Å². The van der Waals surface area contributed by atoms with Gasteiger partial charge in [0.25, 0.3) is 0 Å². The van der Waals surface area contributed by atoms with E-state index in [9.17, 15) is 0 Å². The Morgan fingerprint density at radius 2 is 1.79 bits per heavy atom. The lowest BCUT2D eigenvalue weighted by Crippen LogP contribution is -2.07. The molecule has 1 N–H and O–H groups in total. The largest absolute Gasteiger partial charge is 0.495 e. The molecule has 0 fully saturated rings. The number of ether oxygens (including phenoxy) is 1. The van der Waals surface area contributed by atoms with E-state index in [1.54, 1.807) is 7.11 Å². The monoisotopic (exact) mass is 275 g/mol. The highest BCUT2D eigenvalue weighted by molar-refractivity contribution is 6.30. The number of hydrogen-bond acceptors (Lipinski definition) is 2. The van der Waals surface area contributed by atoms with Crippen LogP contribution in [0.3, 0.4) is 0 Å². The van der Waals surface area contributed by atoms with Crippen LogP contribution in [0, 0.1) is 6.92 Å². The number of anilines is 1.